The van der Waals surface area contributed by atoms with Crippen molar-refractivity contribution in [1.82, 2.24) is 19.3 Å². The molecule has 0 saturated heterocycles. The Morgan fingerprint density at radius 3 is 2.64 bits per heavy atom. The summed E-state index contributed by atoms with van der Waals surface area (Å²) in [5.41, 5.74) is 0.451. The van der Waals surface area contributed by atoms with Gasteiger partial charge in [0.2, 0.25) is 0 Å². The minimum atomic E-state index is -1.26. The molecule has 174 valence electrons. The maximum atomic E-state index is 13.4. The lowest BCUT2D eigenvalue weighted by Crippen LogP contribution is -2.33. The smallest absolute Gasteiger partial charge is 0.383 e. The zero-order valence-electron chi connectivity index (χ0n) is 18.0. The number of rotatable bonds is 5. The number of nitrogens with one attached hydrogen (secondary N) is 1. The summed E-state index contributed by atoms with van der Waals surface area (Å²) in [6.45, 7) is 0. The SMILES string of the molecule is Cn1cnc(C2CCC(O)(c3cc([N+](=O)[O-])nn3C)CC2)c1C(=O)Nc1ccc(F)c(Cl)c1. The fraction of sp³-hybridized carbons (Fsp3) is 0.381. The predicted molar refractivity (Wildman–Crippen MR) is 118 cm³/mol. The molecule has 12 heteroatoms. The highest BCUT2D eigenvalue weighted by atomic mass is 35.5. The number of imidazole rings is 1. The number of aryl methyl sites for hydroxylation is 2. The van der Waals surface area contributed by atoms with E-state index in [1.165, 1.54) is 28.9 Å². The van der Waals surface area contributed by atoms with Crippen molar-refractivity contribution in [3.05, 3.63) is 68.6 Å². The Morgan fingerprint density at radius 2 is 2.03 bits per heavy atom. The molecule has 1 aliphatic rings. The monoisotopic (exact) mass is 476 g/mol. The van der Waals surface area contributed by atoms with Crippen LogP contribution in [0.5, 0.6) is 0 Å². The molecule has 2 aromatic heterocycles. The van der Waals surface area contributed by atoms with Crippen molar-refractivity contribution < 1.29 is 19.2 Å². The van der Waals surface area contributed by atoms with E-state index in [-0.39, 0.29) is 16.8 Å². The Morgan fingerprint density at radius 1 is 1.33 bits per heavy atom. The molecule has 2 heterocycles. The van der Waals surface area contributed by atoms with Gasteiger partial charge in [-0.1, -0.05) is 11.6 Å². The Bertz CT molecular complexity index is 1230. The number of carbonyl (C=O) groups is 1. The Labute approximate surface area is 193 Å². The number of hydrogen-bond donors (Lipinski definition) is 2. The highest BCUT2D eigenvalue weighted by Gasteiger charge is 2.41. The lowest BCUT2D eigenvalue weighted by Gasteiger charge is -2.35. The van der Waals surface area contributed by atoms with Crippen LogP contribution in [0, 0.1) is 15.9 Å². The molecule has 33 heavy (non-hydrogen) atoms. The van der Waals surface area contributed by atoms with E-state index in [1.54, 1.807) is 25.0 Å². The van der Waals surface area contributed by atoms with Gasteiger partial charge < -0.3 is 25.1 Å². The predicted octanol–water partition coefficient (Wildman–Crippen LogP) is 3.65. The lowest BCUT2D eigenvalue weighted by molar-refractivity contribution is -0.389. The summed E-state index contributed by atoms with van der Waals surface area (Å²) in [6.07, 6.45) is 3.26. The molecule has 1 amide bonds. The summed E-state index contributed by atoms with van der Waals surface area (Å²) in [5.74, 6) is -1.39. The quantitative estimate of drug-likeness (QED) is 0.427. The second-order valence-electron chi connectivity index (χ2n) is 8.25. The molecule has 10 nitrogen and oxygen atoms in total. The number of carbonyl (C=O) groups excluding carboxylic acids is 1. The number of anilines is 1. The molecule has 0 bridgehead atoms. The summed E-state index contributed by atoms with van der Waals surface area (Å²) < 4.78 is 16.4. The first-order chi connectivity index (χ1) is 15.6. The molecule has 0 radical (unpaired) electrons. The number of aliphatic hydroxyl groups is 1. The van der Waals surface area contributed by atoms with Crippen LogP contribution in [0.15, 0.2) is 30.6 Å². The molecule has 1 aliphatic carbocycles. The van der Waals surface area contributed by atoms with Crippen molar-refractivity contribution in [3.8, 4) is 0 Å². The van der Waals surface area contributed by atoms with Gasteiger partial charge in [0.25, 0.3) is 5.91 Å². The summed E-state index contributed by atoms with van der Waals surface area (Å²) >= 11 is 5.80. The fourth-order valence-corrected chi connectivity index (χ4v) is 4.57. The molecule has 4 rings (SSSR count). The van der Waals surface area contributed by atoms with E-state index in [0.717, 1.165) is 0 Å². The lowest BCUT2D eigenvalue weighted by atomic mass is 9.75. The van der Waals surface area contributed by atoms with Crippen LogP contribution in [0.2, 0.25) is 5.02 Å². The van der Waals surface area contributed by atoms with Crippen LogP contribution in [0.1, 0.15) is 53.5 Å². The number of hydrogen-bond acceptors (Lipinski definition) is 6. The van der Waals surface area contributed by atoms with Crippen LogP contribution in [0.3, 0.4) is 0 Å². The Kier molecular flexibility index (Phi) is 5.93. The number of halogens is 2. The zero-order chi connectivity index (χ0) is 23.9. The van der Waals surface area contributed by atoms with Crippen LogP contribution >= 0.6 is 11.6 Å². The average Bonchev–Trinajstić information content (AvgIpc) is 3.35. The second kappa shape index (κ2) is 8.56. The number of nitro groups is 1. The van der Waals surface area contributed by atoms with E-state index >= 15 is 0 Å². The third-order valence-corrected chi connectivity index (χ3v) is 6.38. The van der Waals surface area contributed by atoms with Gasteiger partial charge in [-0.3, -0.25) is 4.79 Å². The van der Waals surface area contributed by atoms with Gasteiger partial charge in [-0.2, -0.15) is 4.68 Å². The third-order valence-electron chi connectivity index (χ3n) is 6.09. The van der Waals surface area contributed by atoms with Gasteiger partial charge >= 0.3 is 5.82 Å². The molecule has 0 atom stereocenters. The minimum absolute atomic E-state index is 0.0905. The first-order valence-electron chi connectivity index (χ1n) is 10.3. The summed E-state index contributed by atoms with van der Waals surface area (Å²) in [4.78, 5) is 27.9. The van der Waals surface area contributed by atoms with Gasteiger partial charge in [0.15, 0.2) is 0 Å². The van der Waals surface area contributed by atoms with Gasteiger partial charge in [-0.25, -0.2) is 9.37 Å². The van der Waals surface area contributed by atoms with E-state index < -0.39 is 22.2 Å². The van der Waals surface area contributed by atoms with Crippen molar-refractivity contribution in [2.45, 2.75) is 37.2 Å². The van der Waals surface area contributed by atoms with Gasteiger partial charge in [0, 0.05) is 18.7 Å². The Balaban J connectivity index is 1.52. The molecule has 0 unspecified atom stereocenters. The van der Waals surface area contributed by atoms with E-state index in [4.69, 9.17) is 11.6 Å². The van der Waals surface area contributed by atoms with E-state index in [2.05, 4.69) is 15.4 Å². The molecule has 2 N–H and O–H groups in total. The summed E-state index contributed by atoms with van der Waals surface area (Å²) in [5, 5.41) is 28.7. The number of nitrogens with zero attached hydrogens (tertiary/aromatic N) is 5. The van der Waals surface area contributed by atoms with Crippen LogP contribution in [0.25, 0.3) is 0 Å². The van der Waals surface area contributed by atoms with E-state index in [1.807, 2.05) is 0 Å². The van der Waals surface area contributed by atoms with Gasteiger partial charge in [0.1, 0.15) is 17.1 Å². The van der Waals surface area contributed by atoms with Crippen molar-refractivity contribution >= 4 is 29.0 Å². The topological polar surface area (TPSA) is 128 Å². The van der Waals surface area contributed by atoms with E-state index in [0.29, 0.717) is 48.5 Å². The molecule has 3 aromatic rings. The largest absolute Gasteiger partial charge is 0.390 e. The summed E-state index contributed by atoms with van der Waals surface area (Å²) in [6, 6.07) is 5.22. The van der Waals surface area contributed by atoms with Gasteiger partial charge in [-0.15, -0.1) is 0 Å². The highest BCUT2D eigenvalue weighted by Crippen LogP contribution is 2.44. The van der Waals surface area contributed by atoms with Gasteiger partial charge in [-0.05, 0) is 48.8 Å². The second-order valence-corrected chi connectivity index (χ2v) is 8.65. The maximum absolute atomic E-state index is 13.4. The van der Waals surface area contributed by atoms with E-state index in [9.17, 15) is 24.4 Å². The number of amides is 1. The van der Waals surface area contributed by atoms with Crippen molar-refractivity contribution in [3.63, 3.8) is 0 Å². The molecule has 1 aromatic carbocycles. The van der Waals surface area contributed by atoms with Crippen molar-refractivity contribution in [2.75, 3.05) is 5.32 Å². The fourth-order valence-electron chi connectivity index (χ4n) is 4.39. The molecule has 1 fully saturated rings. The van der Waals surface area contributed by atoms with Crippen molar-refractivity contribution in [2.24, 2.45) is 14.1 Å². The maximum Gasteiger partial charge on any atom is 0.390 e. The molecule has 1 saturated carbocycles. The van der Waals surface area contributed by atoms with Crippen LogP contribution in [-0.4, -0.2) is 35.3 Å². The number of aromatic nitrogens is 4. The van der Waals surface area contributed by atoms with Crippen LogP contribution in [-0.2, 0) is 19.7 Å². The molecule has 0 spiro atoms. The molecular formula is C21H22ClFN6O4. The Hall–Kier alpha value is -3.31. The molecular weight excluding hydrogens is 455 g/mol. The minimum Gasteiger partial charge on any atom is -0.383 e. The van der Waals surface area contributed by atoms with Gasteiger partial charge in [0.05, 0.1) is 41.0 Å². The standard InChI is InChI=1S/C21H22ClFN6O4/c1-27-11-24-18(19(27)20(30)25-13-3-4-15(23)14(22)9-13)12-5-7-21(31,8-6-12)16-10-17(29(32)33)26-28(16)2/h3-4,9-12,31H,5-8H2,1-2H3,(H,25,30). The third kappa shape index (κ3) is 4.33. The highest BCUT2D eigenvalue weighted by molar-refractivity contribution is 6.31. The first-order valence-corrected chi connectivity index (χ1v) is 10.7. The van der Waals surface area contributed by atoms with Crippen LogP contribution in [0.4, 0.5) is 15.9 Å². The average molecular weight is 477 g/mol. The summed E-state index contributed by atoms with van der Waals surface area (Å²) in [7, 11) is 3.27. The van der Waals surface area contributed by atoms with Crippen LogP contribution < -0.4 is 5.32 Å². The number of benzene rings is 1. The zero-order valence-corrected chi connectivity index (χ0v) is 18.7. The molecule has 0 aliphatic heterocycles. The first kappa shape index (κ1) is 22.9. The van der Waals surface area contributed by atoms with Crippen molar-refractivity contribution in [1.29, 1.82) is 0 Å². The normalized spacial score (nSPS) is 20.6.